The SMILES string of the molecule is CCCN1CCC(O)(c2ncc(OC)nc2OC)CC1. The van der Waals surface area contributed by atoms with Crippen LogP contribution in [0.3, 0.4) is 0 Å². The van der Waals surface area contributed by atoms with E-state index in [9.17, 15) is 5.11 Å². The van der Waals surface area contributed by atoms with Gasteiger partial charge in [0.25, 0.3) is 0 Å². The van der Waals surface area contributed by atoms with Gasteiger partial charge in [0.1, 0.15) is 11.3 Å². The van der Waals surface area contributed by atoms with E-state index in [2.05, 4.69) is 21.8 Å². The maximum atomic E-state index is 10.9. The van der Waals surface area contributed by atoms with Crippen molar-refractivity contribution in [3.63, 3.8) is 0 Å². The maximum Gasteiger partial charge on any atom is 0.241 e. The third-order valence-corrected chi connectivity index (χ3v) is 3.78. The van der Waals surface area contributed by atoms with Gasteiger partial charge in [0.15, 0.2) is 0 Å². The summed E-state index contributed by atoms with van der Waals surface area (Å²) in [7, 11) is 3.06. The Balaban J connectivity index is 2.18. The van der Waals surface area contributed by atoms with Crippen LogP contribution in [0.2, 0.25) is 0 Å². The number of aromatic nitrogens is 2. The quantitative estimate of drug-likeness (QED) is 0.874. The molecule has 0 aliphatic carbocycles. The van der Waals surface area contributed by atoms with Crippen LogP contribution in [0, 0.1) is 0 Å². The van der Waals surface area contributed by atoms with E-state index in [1.54, 1.807) is 0 Å². The lowest BCUT2D eigenvalue weighted by atomic mass is 9.88. The summed E-state index contributed by atoms with van der Waals surface area (Å²) in [4.78, 5) is 10.9. The van der Waals surface area contributed by atoms with Gasteiger partial charge in [0.2, 0.25) is 11.8 Å². The van der Waals surface area contributed by atoms with Gasteiger partial charge in [-0.1, -0.05) is 6.92 Å². The lowest BCUT2D eigenvalue weighted by molar-refractivity contribution is -0.0313. The van der Waals surface area contributed by atoms with Crippen LogP contribution in [-0.4, -0.2) is 53.8 Å². The Labute approximate surface area is 119 Å². The molecule has 0 radical (unpaired) electrons. The average molecular weight is 281 g/mol. The first kappa shape index (κ1) is 15.0. The van der Waals surface area contributed by atoms with E-state index in [1.165, 1.54) is 20.4 Å². The van der Waals surface area contributed by atoms with Crippen LogP contribution in [0.4, 0.5) is 0 Å². The molecule has 1 aromatic heterocycles. The predicted molar refractivity (Wildman–Crippen MR) is 75.0 cm³/mol. The number of piperidine rings is 1. The maximum absolute atomic E-state index is 10.9. The molecule has 0 atom stereocenters. The molecule has 0 spiro atoms. The lowest BCUT2D eigenvalue weighted by Gasteiger charge is -2.37. The first-order valence-corrected chi connectivity index (χ1v) is 7.03. The molecule has 1 saturated heterocycles. The van der Waals surface area contributed by atoms with Gasteiger partial charge in [-0.2, -0.15) is 4.98 Å². The summed E-state index contributed by atoms with van der Waals surface area (Å²) in [5.41, 5.74) is -0.452. The number of methoxy groups -OCH3 is 2. The van der Waals surface area contributed by atoms with E-state index in [0.717, 1.165) is 26.1 Å². The Hall–Kier alpha value is -1.40. The van der Waals surface area contributed by atoms with Crippen LogP contribution in [0.5, 0.6) is 11.8 Å². The van der Waals surface area contributed by atoms with Crippen LogP contribution >= 0.6 is 0 Å². The number of nitrogens with zero attached hydrogens (tertiary/aromatic N) is 3. The van der Waals surface area contributed by atoms with E-state index in [-0.39, 0.29) is 0 Å². The van der Waals surface area contributed by atoms with Crippen LogP contribution in [0.15, 0.2) is 6.20 Å². The van der Waals surface area contributed by atoms with E-state index >= 15 is 0 Å². The first-order chi connectivity index (χ1) is 9.62. The zero-order valence-corrected chi connectivity index (χ0v) is 12.4. The Kier molecular flexibility index (Phi) is 4.77. The average Bonchev–Trinajstić information content (AvgIpc) is 2.49. The minimum atomic E-state index is -0.963. The number of aliphatic hydroxyl groups is 1. The highest BCUT2D eigenvalue weighted by Crippen LogP contribution is 2.36. The topological polar surface area (TPSA) is 67.7 Å². The zero-order valence-electron chi connectivity index (χ0n) is 12.4. The molecular weight excluding hydrogens is 258 g/mol. The molecule has 0 unspecified atom stereocenters. The zero-order chi connectivity index (χ0) is 14.6. The molecule has 2 heterocycles. The van der Waals surface area contributed by atoms with E-state index in [4.69, 9.17) is 9.47 Å². The highest BCUT2D eigenvalue weighted by atomic mass is 16.5. The van der Waals surface area contributed by atoms with Crippen molar-refractivity contribution in [1.29, 1.82) is 0 Å². The molecule has 112 valence electrons. The van der Waals surface area contributed by atoms with E-state index in [1.807, 2.05) is 0 Å². The molecule has 1 aliphatic heterocycles. The highest BCUT2D eigenvalue weighted by molar-refractivity contribution is 5.28. The van der Waals surface area contributed by atoms with Gasteiger partial charge in [-0.3, -0.25) is 0 Å². The monoisotopic (exact) mass is 281 g/mol. The Bertz CT molecular complexity index is 445. The van der Waals surface area contributed by atoms with Crippen LogP contribution in [0.25, 0.3) is 0 Å². The summed E-state index contributed by atoms with van der Waals surface area (Å²) in [5, 5.41) is 10.9. The second-order valence-electron chi connectivity index (χ2n) is 5.14. The molecule has 1 aliphatic rings. The molecule has 0 aromatic carbocycles. The number of likely N-dealkylation sites (tertiary alicyclic amines) is 1. The molecule has 0 bridgehead atoms. The van der Waals surface area contributed by atoms with Crippen molar-refractivity contribution in [2.45, 2.75) is 31.8 Å². The van der Waals surface area contributed by atoms with Gasteiger partial charge in [0.05, 0.1) is 20.4 Å². The normalized spacial score (nSPS) is 18.8. The molecule has 0 saturated carbocycles. The van der Waals surface area contributed by atoms with Gasteiger partial charge in [-0.15, -0.1) is 0 Å². The molecule has 20 heavy (non-hydrogen) atoms. The Morgan fingerprint density at radius 2 is 2.00 bits per heavy atom. The van der Waals surface area contributed by atoms with Crippen molar-refractivity contribution < 1.29 is 14.6 Å². The Morgan fingerprint density at radius 3 is 2.55 bits per heavy atom. The second-order valence-corrected chi connectivity index (χ2v) is 5.14. The molecule has 2 rings (SSSR count). The smallest absolute Gasteiger partial charge is 0.241 e. The standard InChI is InChI=1S/C14H23N3O3/c1-4-7-17-8-5-14(18,6-9-17)12-13(20-3)16-11(19-2)10-15-12/h10,18H,4-9H2,1-3H3. The predicted octanol–water partition coefficient (Wildman–Crippen LogP) is 1.19. The van der Waals surface area contributed by atoms with Crippen LogP contribution < -0.4 is 9.47 Å². The minimum absolute atomic E-state index is 0.343. The summed E-state index contributed by atoms with van der Waals surface area (Å²) in [6.07, 6.45) is 3.94. The fourth-order valence-electron chi connectivity index (χ4n) is 2.62. The lowest BCUT2D eigenvalue weighted by Crippen LogP contribution is -2.43. The summed E-state index contributed by atoms with van der Waals surface area (Å²) in [6.45, 7) is 4.96. The number of ether oxygens (including phenoxy) is 2. The van der Waals surface area contributed by atoms with Crippen LogP contribution in [-0.2, 0) is 5.60 Å². The van der Waals surface area contributed by atoms with Crippen molar-refractivity contribution in [2.75, 3.05) is 33.9 Å². The van der Waals surface area contributed by atoms with E-state index < -0.39 is 5.60 Å². The highest BCUT2D eigenvalue weighted by Gasteiger charge is 2.38. The minimum Gasteiger partial charge on any atom is -0.480 e. The third-order valence-electron chi connectivity index (χ3n) is 3.78. The summed E-state index contributed by atoms with van der Waals surface area (Å²) in [6, 6.07) is 0. The van der Waals surface area contributed by atoms with Gasteiger partial charge in [0, 0.05) is 13.1 Å². The fourth-order valence-corrected chi connectivity index (χ4v) is 2.62. The van der Waals surface area contributed by atoms with Gasteiger partial charge < -0.3 is 19.5 Å². The van der Waals surface area contributed by atoms with Crippen molar-refractivity contribution in [3.05, 3.63) is 11.9 Å². The summed E-state index contributed by atoms with van der Waals surface area (Å²) >= 11 is 0. The molecule has 6 nitrogen and oxygen atoms in total. The van der Waals surface area contributed by atoms with Crippen molar-refractivity contribution in [3.8, 4) is 11.8 Å². The second kappa shape index (κ2) is 6.37. The molecule has 1 fully saturated rings. The van der Waals surface area contributed by atoms with Crippen molar-refractivity contribution >= 4 is 0 Å². The van der Waals surface area contributed by atoms with Crippen LogP contribution in [0.1, 0.15) is 31.9 Å². The number of rotatable bonds is 5. The number of hydrogen-bond donors (Lipinski definition) is 1. The van der Waals surface area contributed by atoms with Gasteiger partial charge in [-0.05, 0) is 25.8 Å². The summed E-state index contributed by atoms with van der Waals surface area (Å²) in [5.74, 6) is 0.730. The van der Waals surface area contributed by atoms with Crippen molar-refractivity contribution in [2.24, 2.45) is 0 Å². The van der Waals surface area contributed by atoms with Gasteiger partial charge >= 0.3 is 0 Å². The van der Waals surface area contributed by atoms with Gasteiger partial charge in [-0.25, -0.2) is 4.98 Å². The Morgan fingerprint density at radius 1 is 1.30 bits per heavy atom. The molecule has 0 amide bonds. The fraction of sp³-hybridized carbons (Fsp3) is 0.714. The molecule has 1 N–H and O–H groups in total. The molecule has 6 heteroatoms. The van der Waals surface area contributed by atoms with Crippen molar-refractivity contribution in [1.82, 2.24) is 14.9 Å². The number of hydrogen-bond acceptors (Lipinski definition) is 6. The molecule has 1 aromatic rings. The summed E-state index contributed by atoms with van der Waals surface area (Å²) < 4.78 is 10.3. The first-order valence-electron chi connectivity index (χ1n) is 7.03. The largest absolute Gasteiger partial charge is 0.480 e. The van der Waals surface area contributed by atoms with E-state index in [0.29, 0.717) is 30.3 Å². The third kappa shape index (κ3) is 3.02. The molecular formula is C14H23N3O3.